The van der Waals surface area contributed by atoms with Crippen LogP contribution in [-0.2, 0) is 0 Å². The average molecular weight is 340 g/mol. The molecular formula is C15H16ClF2N5. The van der Waals surface area contributed by atoms with Crippen LogP contribution in [0.4, 0.5) is 20.3 Å². The average Bonchev–Trinajstić information content (AvgIpc) is 2.96. The van der Waals surface area contributed by atoms with Gasteiger partial charge >= 0.3 is 0 Å². The largest absolute Gasteiger partial charge is 0.384 e. The van der Waals surface area contributed by atoms with Gasteiger partial charge in [-0.15, -0.1) is 12.4 Å². The van der Waals surface area contributed by atoms with E-state index in [1.54, 1.807) is 41.2 Å². The molecule has 5 N–H and O–H groups in total. The molecule has 0 unspecified atom stereocenters. The minimum absolute atomic E-state index is 0. The molecule has 5 nitrogen and oxygen atoms in total. The molecule has 1 heterocycles. The van der Waals surface area contributed by atoms with Crippen molar-refractivity contribution < 1.29 is 8.78 Å². The van der Waals surface area contributed by atoms with Gasteiger partial charge in [-0.05, 0) is 48.5 Å². The van der Waals surface area contributed by atoms with E-state index in [0.717, 1.165) is 5.69 Å². The second kappa shape index (κ2) is 8.72. The number of nitrogens with zero attached hydrogens (tertiary/aromatic N) is 2. The van der Waals surface area contributed by atoms with Gasteiger partial charge in [-0.3, -0.25) is 5.84 Å². The highest BCUT2D eigenvalue weighted by molar-refractivity contribution is 5.85. The maximum absolute atomic E-state index is 12.6. The van der Waals surface area contributed by atoms with Crippen molar-refractivity contribution in [1.29, 1.82) is 0 Å². The zero-order valence-electron chi connectivity index (χ0n) is 12.0. The van der Waals surface area contributed by atoms with Crippen molar-refractivity contribution in [3.63, 3.8) is 0 Å². The maximum Gasteiger partial charge on any atom is 0.127 e. The Morgan fingerprint density at radius 3 is 1.83 bits per heavy atom. The summed E-state index contributed by atoms with van der Waals surface area (Å²) in [7, 11) is 0. The number of anilines is 2. The van der Waals surface area contributed by atoms with Crippen LogP contribution in [0.1, 0.15) is 0 Å². The molecule has 0 fully saturated rings. The number of aromatic nitrogens is 2. The first-order chi connectivity index (χ1) is 10.6. The van der Waals surface area contributed by atoms with E-state index >= 15 is 0 Å². The molecule has 0 saturated carbocycles. The van der Waals surface area contributed by atoms with E-state index in [-0.39, 0.29) is 24.0 Å². The topological polar surface area (TPSA) is 81.9 Å². The number of nitrogens with two attached hydrogens (primary N) is 2. The predicted molar refractivity (Wildman–Crippen MR) is 89.4 cm³/mol. The van der Waals surface area contributed by atoms with Gasteiger partial charge in [0.1, 0.15) is 17.5 Å². The summed E-state index contributed by atoms with van der Waals surface area (Å²) in [6, 6.07) is 13.5. The lowest BCUT2D eigenvalue weighted by molar-refractivity contribution is 0.627. The minimum atomic E-state index is -0.269. The molecule has 23 heavy (non-hydrogen) atoms. The zero-order valence-corrected chi connectivity index (χ0v) is 12.8. The summed E-state index contributed by atoms with van der Waals surface area (Å²) in [5.74, 6) is 5.04. The molecule has 1 aromatic heterocycles. The van der Waals surface area contributed by atoms with E-state index in [4.69, 9.17) is 11.6 Å². The Bertz CT molecular complexity index is 713. The summed E-state index contributed by atoms with van der Waals surface area (Å²) in [5.41, 5.74) is 9.46. The molecule has 0 atom stereocenters. The summed E-state index contributed by atoms with van der Waals surface area (Å²) in [6.45, 7) is 0. The molecule has 0 bridgehead atoms. The van der Waals surface area contributed by atoms with Crippen molar-refractivity contribution in [2.45, 2.75) is 0 Å². The summed E-state index contributed by atoms with van der Waals surface area (Å²) >= 11 is 0. The number of rotatable bonds is 2. The first-order valence-corrected chi connectivity index (χ1v) is 6.38. The van der Waals surface area contributed by atoms with Crippen molar-refractivity contribution in [3.8, 4) is 5.69 Å². The molecule has 122 valence electrons. The van der Waals surface area contributed by atoms with Crippen molar-refractivity contribution in [2.75, 3.05) is 11.2 Å². The molecule has 0 amide bonds. The van der Waals surface area contributed by atoms with Gasteiger partial charge in [-0.25, -0.2) is 13.5 Å². The number of nitrogens with one attached hydrogen (secondary N) is 1. The van der Waals surface area contributed by atoms with Crippen molar-refractivity contribution >= 4 is 23.9 Å². The van der Waals surface area contributed by atoms with Gasteiger partial charge in [-0.1, -0.05) is 0 Å². The standard InChI is InChI=1S/C9H8FN3.C6H7FN2.ClH/c10-7-1-3-8(4-2-7)13-9(11)5-6-12-13;7-5-1-3-6(9-8)4-2-5;/h1-6H,11H2;1-4,9H,8H2;1H. The zero-order chi connectivity index (χ0) is 15.9. The van der Waals surface area contributed by atoms with Crippen molar-refractivity contribution in [2.24, 2.45) is 5.84 Å². The number of hydrogen-bond acceptors (Lipinski definition) is 4. The smallest absolute Gasteiger partial charge is 0.127 e. The Labute approximate surface area is 138 Å². The summed E-state index contributed by atoms with van der Waals surface area (Å²) in [5, 5.41) is 3.98. The minimum Gasteiger partial charge on any atom is -0.384 e. The van der Waals surface area contributed by atoms with Crippen LogP contribution in [0.15, 0.2) is 60.8 Å². The number of benzene rings is 2. The highest BCUT2D eigenvalue weighted by atomic mass is 35.5. The summed E-state index contributed by atoms with van der Waals surface area (Å²) < 4.78 is 26.3. The Balaban J connectivity index is 0.000000235. The molecule has 0 aliphatic heterocycles. The lowest BCUT2D eigenvalue weighted by atomic mass is 10.3. The molecule has 0 spiro atoms. The molecule has 8 heteroatoms. The van der Waals surface area contributed by atoms with Crippen LogP contribution >= 0.6 is 12.4 Å². The van der Waals surface area contributed by atoms with E-state index in [9.17, 15) is 8.78 Å². The lowest BCUT2D eigenvalue weighted by Gasteiger charge is -2.02. The number of halogens is 3. The van der Waals surface area contributed by atoms with E-state index in [0.29, 0.717) is 11.5 Å². The van der Waals surface area contributed by atoms with Crippen LogP contribution in [-0.4, -0.2) is 9.78 Å². The normalized spacial score (nSPS) is 9.35. The SMILES string of the molecule is Cl.NNc1ccc(F)cc1.Nc1ccnn1-c1ccc(F)cc1. The summed E-state index contributed by atoms with van der Waals surface area (Å²) in [6.07, 6.45) is 1.60. The van der Waals surface area contributed by atoms with E-state index in [1.807, 2.05) is 0 Å². The number of nitrogen functional groups attached to an aromatic ring is 2. The van der Waals surface area contributed by atoms with Crippen LogP contribution in [0.25, 0.3) is 5.69 Å². The Kier molecular flexibility index (Phi) is 6.98. The quantitative estimate of drug-likeness (QED) is 0.495. The van der Waals surface area contributed by atoms with Gasteiger partial charge < -0.3 is 11.2 Å². The van der Waals surface area contributed by atoms with Gasteiger partial charge in [0.15, 0.2) is 0 Å². The lowest BCUT2D eigenvalue weighted by Crippen LogP contribution is -2.05. The van der Waals surface area contributed by atoms with E-state index in [2.05, 4.69) is 10.5 Å². The predicted octanol–water partition coefficient (Wildman–Crippen LogP) is 3.13. The van der Waals surface area contributed by atoms with Gasteiger partial charge in [0.05, 0.1) is 11.9 Å². The second-order valence-corrected chi connectivity index (χ2v) is 4.30. The van der Waals surface area contributed by atoms with E-state index in [1.165, 1.54) is 24.3 Å². The molecule has 0 radical (unpaired) electrons. The molecular weight excluding hydrogens is 324 g/mol. The highest BCUT2D eigenvalue weighted by Gasteiger charge is 2.00. The van der Waals surface area contributed by atoms with E-state index < -0.39 is 0 Å². The molecule has 0 aliphatic carbocycles. The van der Waals surface area contributed by atoms with Crippen LogP contribution < -0.4 is 17.0 Å². The highest BCUT2D eigenvalue weighted by Crippen LogP contribution is 2.11. The summed E-state index contributed by atoms with van der Waals surface area (Å²) in [4.78, 5) is 0. The molecule has 3 rings (SSSR count). The van der Waals surface area contributed by atoms with Gasteiger partial charge in [0.2, 0.25) is 0 Å². The molecule has 2 aromatic carbocycles. The van der Waals surface area contributed by atoms with Gasteiger partial charge in [-0.2, -0.15) is 5.10 Å². The fourth-order valence-corrected chi connectivity index (χ4v) is 1.66. The van der Waals surface area contributed by atoms with Crippen LogP contribution in [0.3, 0.4) is 0 Å². The monoisotopic (exact) mass is 339 g/mol. The van der Waals surface area contributed by atoms with Crippen molar-refractivity contribution in [1.82, 2.24) is 9.78 Å². The first kappa shape index (κ1) is 18.4. The first-order valence-electron chi connectivity index (χ1n) is 6.38. The maximum atomic E-state index is 12.6. The Morgan fingerprint density at radius 1 is 0.870 bits per heavy atom. The van der Waals surface area contributed by atoms with Crippen LogP contribution in [0.2, 0.25) is 0 Å². The molecule has 0 saturated heterocycles. The third-order valence-electron chi connectivity index (χ3n) is 2.75. The Hall–Kier alpha value is -2.64. The molecule has 3 aromatic rings. The van der Waals surface area contributed by atoms with Gasteiger partial charge in [0, 0.05) is 11.8 Å². The molecule has 0 aliphatic rings. The second-order valence-electron chi connectivity index (χ2n) is 4.30. The van der Waals surface area contributed by atoms with Crippen LogP contribution in [0.5, 0.6) is 0 Å². The van der Waals surface area contributed by atoms with Gasteiger partial charge in [0.25, 0.3) is 0 Å². The number of hydrazine groups is 1. The van der Waals surface area contributed by atoms with Crippen molar-refractivity contribution in [3.05, 3.63) is 72.4 Å². The fourth-order valence-electron chi connectivity index (χ4n) is 1.66. The fraction of sp³-hybridized carbons (Fsp3) is 0. The third-order valence-corrected chi connectivity index (χ3v) is 2.75. The third kappa shape index (κ3) is 5.24. The van der Waals surface area contributed by atoms with Crippen LogP contribution in [0, 0.1) is 11.6 Å². The Morgan fingerprint density at radius 2 is 1.39 bits per heavy atom. The number of hydrogen-bond donors (Lipinski definition) is 3.